The number of amides is 2. The van der Waals surface area contributed by atoms with Gasteiger partial charge in [-0.1, -0.05) is 13.0 Å². The largest absolute Gasteiger partial charge is 0.356 e. The van der Waals surface area contributed by atoms with Crippen molar-refractivity contribution in [3.63, 3.8) is 0 Å². The van der Waals surface area contributed by atoms with Crippen molar-refractivity contribution in [1.29, 1.82) is 0 Å². The minimum absolute atomic E-state index is 0.0158. The second-order valence-electron chi connectivity index (χ2n) is 7.34. The quantitative estimate of drug-likeness (QED) is 0.846. The van der Waals surface area contributed by atoms with Gasteiger partial charge in [0.05, 0.1) is 24.7 Å². The van der Waals surface area contributed by atoms with E-state index < -0.39 is 0 Å². The molecule has 2 amide bonds. The van der Waals surface area contributed by atoms with Crippen LogP contribution in [0.2, 0.25) is 0 Å². The maximum Gasteiger partial charge on any atom is 0.226 e. The van der Waals surface area contributed by atoms with Crippen molar-refractivity contribution in [2.24, 2.45) is 11.8 Å². The summed E-state index contributed by atoms with van der Waals surface area (Å²) in [5.74, 6) is 0.910. The van der Waals surface area contributed by atoms with E-state index in [2.05, 4.69) is 23.4 Å². The molecule has 0 bridgehead atoms. The number of nitrogens with zero attached hydrogens (tertiary/aromatic N) is 3. The predicted octanol–water partition coefficient (Wildman–Crippen LogP) is 2.23. The lowest BCUT2D eigenvalue weighted by Gasteiger charge is -2.34. The molecule has 2 aromatic rings. The van der Waals surface area contributed by atoms with Gasteiger partial charge in [-0.15, -0.1) is 11.3 Å². The van der Waals surface area contributed by atoms with Crippen molar-refractivity contribution in [2.75, 3.05) is 13.1 Å². The molecule has 0 aromatic carbocycles. The lowest BCUT2D eigenvalue weighted by molar-refractivity contribution is -0.136. The SMILES string of the molecule is C[C@@H]1C[C@H]1C(=O)N1Cc2ccnn2[C@@H](CC(=O)NCCc2cccs2)C1. The highest BCUT2D eigenvalue weighted by Gasteiger charge is 2.43. The van der Waals surface area contributed by atoms with Crippen LogP contribution in [0.4, 0.5) is 0 Å². The Morgan fingerprint density at radius 2 is 2.23 bits per heavy atom. The molecule has 0 unspecified atom stereocenters. The van der Waals surface area contributed by atoms with E-state index in [-0.39, 0.29) is 23.8 Å². The highest BCUT2D eigenvalue weighted by molar-refractivity contribution is 7.09. The number of rotatable bonds is 6. The zero-order valence-electron chi connectivity index (χ0n) is 14.9. The van der Waals surface area contributed by atoms with Crippen LogP contribution in [0, 0.1) is 11.8 Å². The topological polar surface area (TPSA) is 67.2 Å². The molecule has 0 spiro atoms. The first kappa shape index (κ1) is 17.3. The van der Waals surface area contributed by atoms with Crippen LogP contribution in [0.5, 0.6) is 0 Å². The van der Waals surface area contributed by atoms with Crippen LogP contribution in [-0.4, -0.2) is 39.6 Å². The Morgan fingerprint density at radius 1 is 1.38 bits per heavy atom. The number of hydrogen-bond acceptors (Lipinski definition) is 4. The molecule has 138 valence electrons. The standard InChI is InChI=1S/C19H24N4O2S/c1-13-9-17(13)19(25)22-11-14-4-7-21-23(14)15(12-22)10-18(24)20-6-5-16-3-2-8-26-16/h2-4,7-8,13,15,17H,5-6,9-12H2,1H3,(H,20,24)/t13-,15+,17-/m1/s1. The predicted molar refractivity (Wildman–Crippen MR) is 99.6 cm³/mol. The summed E-state index contributed by atoms with van der Waals surface area (Å²) in [4.78, 5) is 28.2. The number of aromatic nitrogens is 2. The Bertz CT molecular complexity index is 785. The van der Waals surface area contributed by atoms with E-state index in [4.69, 9.17) is 0 Å². The molecule has 1 aliphatic carbocycles. The number of carbonyl (C=O) groups is 2. The summed E-state index contributed by atoms with van der Waals surface area (Å²) in [5.41, 5.74) is 1.01. The maximum atomic E-state index is 12.6. The van der Waals surface area contributed by atoms with Gasteiger partial charge in [-0.2, -0.15) is 5.10 Å². The zero-order valence-corrected chi connectivity index (χ0v) is 15.7. The van der Waals surface area contributed by atoms with Gasteiger partial charge in [0, 0.05) is 30.1 Å². The Morgan fingerprint density at radius 3 is 2.96 bits per heavy atom. The van der Waals surface area contributed by atoms with Gasteiger partial charge in [0.1, 0.15) is 0 Å². The lowest BCUT2D eigenvalue weighted by Crippen LogP contribution is -2.43. The van der Waals surface area contributed by atoms with Crippen molar-refractivity contribution >= 4 is 23.2 Å². The first-order valence-electron chi connectivity index (χ1n) is 9.22. The molecule has 1 fully saturated rings. The van der Waals surface area contributed by atoms with Crippen molar-refractivity contribution in [1.82, 2.24) is 20.0 Å². The van der Waals surface area contributed by atoms with Gasteiger partial charge < -0.3 is 10.2 Å². The smallest absolute Gasteiger partial charge is 0.226 e. The van der Waals surface area contributed by atoms with E-state index in [9.17, 15) is 9.59 Å². The average Bonchev–Trinajstić information content (AvgIpc) is 3.05. The molecule has 7 heteroatoms. The Hall–Kier alpha value is -2.15. The molecule has 2 aliphatic rings. The minimum Gasteiger partial charge on any atom is -0.356 e. The van der Waals surface area contributed by atoms with E-state index in [0.717, 1.165) is 18.5 Å². The van der Waals surface area contributed by atoms with Gasteiger partial charge in [-0.05, 0) is 36.3 Å². The fourth-order valence-electron chi connectivity index (χ4n) is 3.67. The van der Waals surface area contributed by atoms with Gasteiger partial charge in [0.15, 0.2) is 0 Å². The van der Waals surface area contributed by atoms with E-state index in [1.807, 2.05) is 27.1 Å². The summed E-state index contributed by atoms with van der Waals surface area (Å²) < 4.78 is 1.92. The van der Waals surface area contributed by atoms with Gasteiger partial charge in [-0.25, -0.2) is 0 Å². The Balaban J connectivity index is 1.35. The molecule has 0 saturated heterocycles. The lowest BCUT2D eigenvalue weighted by atomic mass is 10.1. The molecular weight excluding hydrogens is 348 g/mol. The van der Waals surface area contributed by atoms with Crippen molar-refractivity contribution in [3.8, 4) is 0 Å². The van der Waals surface area contributed by atoms with Crippen molar-refractivity contribution in [3.05, 3.63) is 40.3 Å². The molecule has 4 rings (SSSR count). The number of carbonyl (C=O) groups excluding carboxylic acids is 2. The third-order valence-corrected chi connectivity index (χ3v) is 6.25. The summed E-state index contributed by atoms with van der Waals surface area (Å²) in [6.07, 6.45) is 3.95. The maximum absolute atomic E-state index is 12.6. The van der Waals surface area contributed by atoms with E-state index in [1.54, 1.807) is 17.5 Å². The molecule has 3 atom stereocenters. The van der Waals surface area contributed by atoms with Crippen molar-refractivity contribution in [2.45, 2.75) is 38.8 Å². The summed E-state index contributed by atoms with van der Waals surface area (Å²) in [5, 5.41) is 9.43. The van der Waals surface area contributed by atoms with Gasteiger partial charge in [0.2, 0.25) is 11.8 Å². The Kier molecular flexibility index (Phi) is 4.80. The molecule has 0 radical (unpaired) electrons. The van der Waals surface area contributed by atoms with E-state index in [1.165, 1.54) is 4.88 Å². The molecule has 1 saturated carbocycles. The first-order valence-corrected chi connectivity index (χ1v) is 10.1. The third kappa shape index (κ3) is 3.67. The highest BCUT2D eigenvalue weighted by atomic mass is 32.1. The number of nitrogens with one attached hydrogen (secondary N) is 1. The highest BCUT2D eigenvalue weighted by Crippen LogP contribution is 2.40. The zero-order chi connectivity index (χ0) is 18.1. The molecule has 2 aromatic heterocycles. The van der Waals surface area contributed by atoms with Crippen molar-refractivity contribution < 1.29 is 9.59 Å². The monoisotopic (exact) mass is 372 g/mol. The summed E-state index contributed by atoms with van der Waals surface area (Å²) in [6, 6.07) is 5.96. The summed E-state index contributed by atoms with van der Waals surface area (Å²) in [7, 11) is 0. The van der Waals surface area contributed by atoms with Gasteiger partial charge in [-0.3, -0.25) is 14.3 Å². The normalized spacial score (nSPS) is 24.2. The second-order valence-corrected chi connectivity index (χ2v) is 8.37. The van der Waals surface area contributed by atoms with E-state index in [0.29, 0.717) is 32.0 Å². The van der Waals surface area contributed by atoms with Crippen LogP contribution in [-0.2, 0) is 22.6 Å². The van der Waals surface area contributed by atoms with Gasteiger partial charge >= 0.3 is 0 Å². The van der Waals surface area contributed by atoms with Crippen LogP contribution in [0.25, 0.3) is 0 Å². The minimum atomic E-state index is -0.0894. The van der Waals surface area contributed by atoms with Crippen LogP contribution < -0.4 is 5.32 Å². The van der Waals surface area contributed by atoms with Crippen LogP contribution in [0.15, 0.2) is 29.8 Å². The molecule has 1 N–H and O–H groups in total. The fraction of sp³-hybridized carbons (Fsp3) is 0.526. The molecule has 26 heavy (non-hydrogen) atoms. The van der Waals surface area contributed by atoms with Gasteiger partial charge in [0.25, 0.3) is 0 Å². The Labute approximate surface area is 157 Å². The van der Waals surface area contributed by atoms with Crippen LogP contribution in [0.1, 0.15) is 36.4 Å². The third-order valence-electron chi connectivity index (χ3n) is 5.32. The molecule has 6 nitrogen and oxygen atoms in total. The van der Waals surface area contributed by atoms with E-state index >= 15 is 0 Å². The number of thiophene rings is 1. The molecule has 3 heterocycles. The first-order chi connectivity index (χ1) is 12.6. The van der Waals surface area contributed by atoms with Crippen LogP contribution in [0.3, 0.4) is 0 Å². The summed E-state index contributed by atoms with van der Waals surface area (Å²) >= 11 is 1.70. The molecular formula is C19H24N4O2S. The van der Waals surface area contributed by atoms with Crippen LogP contribution >= 0.6 is 11.3 Å². The molecule has 1 aliphatic heterocycles. The number of hydrogen-bond donors (Lipinski definition) is 1. The summed E-state index contributed by atoms with van der Waals surface area (Å²) in [6.45, 7) is 3.92. The second kappa shape index (κ2) is 7.23. The number of fused-ring (bicyclic) bond motifs is 1. The average molecular weight is 372 g/mol. The fourth-order valence-corrected chi connectivity index (χ4v) is 4.38.